The van der Waals surface area contributed by atoms with E-state index in [9.17, 15) is 0 Å². The lowest BCUT2D eigenvalue weighted by atomic mass is 10.1. The van der Waals surface area contributed by atoms with Crippen molar-refractivity contribution >= 4 is 15.9 Å². The Morgan fingerprint density at radius 2 is 2.50 bits per heavy atom. The van der Waals surface area contributed by atoms with E-state index in [0.29, 0.717) is 0 Å². The Morgan fingerprint density at radius 1 is 1.70 bits per heavy atom. The molecule has 0 heterocycles. The van der Waals surface area contributed by atoms with Gasteiger partial charge in [0.25, 0.3) is 0 Å². The zero-order valence-electron chi connectivity index (χ0n) is 6.31. The van der Waals surface area contributed by atoms with Crippen LogP contribution in [0.5, 0.6) is 0 Å². The van der Waals surface area contributed by atoms with Crippen LogP contribution >= 0.6 is 15.9 Å². The molecule has 0 aromatic rings. The van der Waals surface area contributed by atoms with Crippen LogP contribution in [0.15, 0.2) is 23.8 Å². The molecule has 1 heteroatoms. The summed E-state index contributed by atoms with van der Waals surface area (Å²) >= 11 is 3.45. The highest BCUT2D eigenvalue weighted by molar-refractivity contribution is 9.09. The standard InChI is InChI=1S/C9H13Br/c1-8-4-2-3-5-9(6-8)7-10/h3,5-6,8H,2,4,7H2,1H3. The quantitative estimate of drug-likeness (QED) is 0.571. The fourth-order valence-electron chi connectivity index (χ4n) is 1.19. The molecule has 0 N–H and O–H groups in total. The molecule has 0 fully saturated rings. The van der Waals surface area contributed by atoms with Crippen LogP contribution in [0.25, 0.3) is 0 Å². The van der Waals surface area contributed by atoms with Gasteiger partial charge in [0.1, 0.15) is 0 Å². The normalized spacial score (nSPS) is 25.8. The second-order valence-electron chi connectivity index (χ2n) is 2.83. The lowest BCUT2D eigenvalue weighted by molar-refractivity contribution is 0.660. The second kappa shape index (κ2) is 3.97. The maximum absolute atomic E-state index is 3.45. The molecule has 1 aliphatic rings. The highest BCUT2D eigenvalue weighted by Gasteiger charge is 2.01. The fraction of sp³-hybridized carbons (Fsp3) is 0.556. The van der Waals surface area contributed by atoms with Gasteiger partial charge in [-0.05, 0) is 24.3 Å². The first-order valence-electron chi connectivity index (χ1n) is 3.76. The van der Waals surface area contributed by atoms with Gasteiger partial charge in [-0.1, -0.05) is 41.1 Å². The zero-order valence-corrected chi connectivity index (χ0v) is 7.89. The molecular weight excluding hydrogens is 188 g/mol. The fourth-order valence-corrected chi connectivity index (χ4v) is 1.56. The molecule has 0 saturated carbocycles. The van der Waals surface area contributed by atoms with Crippen LogP contribution in [0.4, 0.5) is 0 Å². The zero-order chi connectivity index (χ0) is 7.40. The van der Waals surface area contributed by atoms with Crippen LogP contribution in [0.2, 0.25) is 0 Å². The first-order chi connectivity index (χ1) is 4.83. The Bertz CT molecular complexity index is 156. The van der Waals surface area contributed by atoms with Crippen molar-refractivity contribution in [3.05, 3.63) is 23.8 Å². The van der Waals surface area contributed by atoms with Crippen molar-refractivity contribution in [2.24, 2.45) is 5.92 Å². The van der Waals surface area contributed by atoms with E-state index in [1.54, 1.807) is 0 Å². The van der Waals surface area contributed by atoms with Gasteiger partial charge in [-0.2, -0.15) is 0 Å². The van der Waals surface area contributed by atoms with Gasteiger partial charge in [0, 0.05) is 5.33 Å². The third-order valence-corrected chi connectivity index (χ3v) is 2.42. The summed E-state index contributed by atoms with van der Waals surface area (Å²) in [5, 5.41) is 0.994. The minimum absolute atomic E-state index is 0.752. The second-order valence-corrected chi connectivity index (χ2v) is 3.39. The van der Waals surface area contributed by atoms with Crippen molar-refractivity contribution < 1.29 is 0 Å². The van der Waals surface area contributed by atoms with Gasteiger partial charge >= 0.3 is 0 Å². The molecule has 1 unspecified atom stereocenters. The van der Waals surface area contributed by atoms with E-state index in [-0.39, 0.29) is 0 Å². The smallest absolute Gasteiger partial charge is 0.0279 e. The highest BCUT2D eigenvalue weighted by Crippen LogP contribution is 2.16. The van der Waals surface area contributed by atoms with Gasteiger partial charge in [0.2, 0.25) is 0 Å². The molecule has 1 atom stereocenters. The highest BCUT2D eigenvalue weighted by atomic mass is 79.9. The van der Waals surface area contributed by atoms with E-state index >= 15 is 0 Å². The number of alkyl halides is 1. The summed E-state index contributed by atoms with van der Waals surface area (Å²) in [6.45, 7) is 2.27. The van der Waals surface area contributed by atoms with Crippen LogP contribution in [0.1, 0.15) is 19.8 Å². The Kier molecular flexibility index (Phi) is 3.20. The first kappa shape index (κ1) is 8.06. The SMILES string of the molecule is CC1C=C(CBr)C=CCC1. The van der Waals surface area contributed by atoms with E-state index < -0.39 is 0 Å². The van der Waals surface area contributed by atoms with Crippen LogP contribution < -0.4 is 0 Å². The summed E-state index contributed by atoms with van der Waals surface area (Å²) in [6, 6.07) is 0. The molecule has 0 aromatic heterocycles. The summed E-state index contributed by atoms with van der Waals surface area (Å²) in [6.07, 6.45) is 9.36. The summed E-state index contributed by atoms with van der Waals surface area (Å²) < 4.78 is 0. The Labute approximate surface area is 71.1 Å². The van der Waals surface area contributed by atoms with Crippen molar-refractivity contribution in [3.63, 3.8) is 0 Å². The Hall–Kier alpha value is -0.0400. The average Bonchev–Trinajstić information content (AvgIpc) is 2.13. The number of halogens is 1. The summed E-state index contributed by atoms with van der Waals surface area (Å²) in [7, 11) is 0. The molecule has 0 aliphatic heterocycles. The van der Waals surface area contributed by atoms with Gasteiger partial charge in [0.05, 0.1) is 0 Å². The third kappa shape index (κ3) is 2.30. The van der Waals surface area contributed by atoms with Crippen LogP contribution in [-0.2, 0) is 0 Å². The van der Waals surface area contributed by atoms with Crippen molar-refractivity contribution in [2.75, 3.05) is 5.33 Å². The van der Waals surface area contributed by atoms with E-state index in [0.717, 1.165) is 11.2 Å². The predicted octanol–water partition coefficient (Wildman–Crippen LogP) is 3.29. The molecule has 0 radical (unpaired) electrons. The number of hydrogen-bond acceptors (Lipinski definition) is 0. The van der Waals surface area contributed by atoms with Crippen molar-refractivity contribution in [2.45, 2.75) is 19.8 Å². The number of rotatable bonds is 1. The molecule has 0 spiro atoms. The number of hydrogen-bond donors (Lipinski definition) is 0. The third-order valence-electron chi connectivity index (χ3n) is 1.77. The Balaban J connectivity index is 2.63. The van der Waals surface area contributed by atoms with E-state index in [1.165, 1.54) is 18.4 Å². The van der Waals surface area contributed by atoms with Gasteiger partial charge in [-0.3, -0.25) is 0 Å². The van der Waals surface area contributed by atoms with Gasteiger partial charge in [0.15, 0.2) is 0 Å². The molecule has 10 heavy (non-hydrogen) atoms. The Morgan fingerprint density at radius 3 is 3.20 bits per heavy atom. The first-order valence-corrected chi connectivity index (χ1v) is 4.88. The van der Waals surface area contributed by atoms with E-state index in [2.05, 4.69) is 41.1 Å². The summed E-state index contributed by atoms with van der Waals surface area (Å²) in [5.41, 5.74) is 1.42. The molecule has 0 nitrogen and oxygen atoms in total. The van der Waals surface area contributed by atoms with Crippen molar-refractivity contribution in [1.82, 2.24) is 0 Å². The number of allylic oxidation sites excluding steroid dienone is 4. The largest absolute Gasteiger partial charge is 0.0876 e. The monoisotopic (exact) mass is 200 g/mol. The van der Waals surface area contributed by atoms with E-state index in [4.69, 9.17) is 0 Å². The molecule has 1 rings (SSSR count). The van der Waals surface area contributed by atoms with Gasteiger partial charge < -0.3 is 0 Å². The maximum atomic E-state index is 3.45. The minimum atomic E-state index is 0.752. The molecule has 56 valence electrons. The molecule has 0 bridgehead atoms. The molecular formula is C9H13Br. The van der Waals surface area contributed by atoms with E-state index in [1.807, 2.05) is 0 Å². The average molecular weight is 201 g/mol. The molecule has 0 aromatic carbocycles. The lowest BCUT2D eigenvalue weighted by Crippen LogP contribution is -1.88. The van der Waals surface area contributed by atoms with Crippen molar-refractivity contribution in [1.29, 1.82) is 0 Å². The summed E-state index contributed by atoms with van der Waals surface area (Å²) in [5.74, 6) is 0.752. The molecule has 0 saturated heterocycles. The topological polar surface area (TPSA) is 0 Å². The molecule has 0 amide bonds. The maximum Gasteiger partial charge on any atom is 0.0279 e. The molecule has 1 aliphatic carbocycles. The van der Waals surface area contributed by atoms with Crippen LogP contribution in [0.3, 0.4) is 0 Å². The lowest BCUT2D eigenvalue weighted by Gasteiger charge is -2.01. The van der Waals surface area contributed by atoms with Crippen LogP contribution in [-0.4, -0.2) is 5.33 Å². The minimum Gasteiger partial charge on any atom is -0.0876 e. The van der Waals surface area contributed by atoms with Crippen molar-refractivity contribution in [3.8, 4) is 0 Å². The predicted molar refractivity (Wildman–Crippen MR) is 49.4 cm³/mol. The van der Waals surface area contributed by atoms with Gasteiger partial charge in [-0.25, -0.2) is 0 Å². The van der Waals surface area contributed by atoms with Gasteiger partial charge in [-0.15, -0.1) is 0 Å². The van der Waals surface area contributed by atoms with Crippen LogP contribution in [0, 0.1) is 5.92 Å². The summed E-state index contributed by atoms with van der Waals surface area (Å²) in [4.78, 5) is 0.